The largest absolute Gasteiger partial charge is 0.465 e. The summed E-state index contributed by atoms with van der Waals surface area (Å²) < 4.78 is 5.58. The van der Waals surface area contributed by atoms with E-state index in [0.29, 0.717) is 6.61 Å². The highest BCUT2D eigenvalue weighted by atomic mass is 16.5. The zero-order valence-electron chi connectivity index (χ0n) is 21.2. The Hall–Kier alpha value is -0.530. The van der Waals surface area contributed by atoms with Gasteiger partial charge in [-0.05, 0) is 19.3 Å². The highest BCUT2D eigenvalue weighted by Crippen LogP contribution is 2.18. The Morgan fingerprint density at radius 2 is 0.833 bits per heavy atom. The van der Waals surface area contributed by atoms with Crippen LogP contribution in [0.5, 0.6) is 0 Å². The molecule has 30 heavy (non-hydrogen) atoms. The molecule has 0 aromatic rings. The zero-order valence-corrected chi connectivity index (χ0v) is 21.2. The molecule has 0 bridgehead atoms. The average molecular weight is 425 g/mol. The topological polar surface area (TPSA) is 26.3 Å². The first-order valence-corrected chi connectivity index (χ1v) is 13.9. The Morgan fingerprint density at radius 1 is 0.500 bits per heavy atom. The van der Waals surface area contributed by atoms with E-state index >= 15 is 0 Å². The Balaban J connectivity index is 3.37. The van der Waals surface area contributed by atoms with Crippen LogP contribution in [0.25, 0.3) is 0 Å². The summed E-state index contributed by atoms with van der Waals surface area (Å²) >= 11 is 0. The van der Waals surface area contributed by atoms with Gasteiger partial charge in [0.25, 0.3) is 0 Å². The number of carbonyl (C=O) groups excluding carboxylic acids is 1. The highest BCUT2D eigenvalue weighted by molar-refractivity contribution is 5.72. The second-order valence-corrected chi connectivity index (χ2v) is 9.45. The van der Waals surface area contributed by atoms with Crippen molar-refractivity contribution in [1.29, 1.82) is 0 Å². The molecule has 0 heterocycles. The van der Waals surface area contributed by atoms with Gasteiger partial charge in [0.2, 0.25) is 0 Å². The molecule has 0 aromatic heterocycles. The molecule has 180 valence electrons. The lowest BCUT2D eigenvalue weighted by molar-refractivity contribution is -0.149. The first-order chi connectivity index (χ1) is 14.8. The van der Waals surface area contributed by atoms with E-state index in [-0.39, 0.29) is 11.9 Å². The molecule has 0 radical (unpaired) electrons. The van der Waals surface area contributed by atoms with E-state index in [1.165, 1.54) is 96.3 Å². The van der Waals surface area contributed by atoms with Crippen LogP contribution >= 0.6 is 0 Å². The van der Waals surface area contributed by atoms with Gasteiger partial charge in [0.05, 0.1) is 12.5 Å². The fraction of sp³-hybridized carbons (Fsp3) is 0.964. The number of esters is 1. The Labute approximate surface area is 190 Å². The fourth-order valence-electron chi connectivity index (χ4n) is 4.22. The summed E-state index contributed by atoms with van der Waals surface area (Å²) in [4.78, 5) is 12.3. The van der Waals surface area contributed by atoms with Gasteiger partial charge < -0.3 is 4.74 Å². The molecule has 0 amide bonds. The molecule has 0 aliphatic heterocycles. The molecule has 0 spiro atoms. The zero-order chi connectivity index (χ0) is 22.1. The number of carbonyl (C=O) groups is 1. The molecule has 0 aliphatic carbocycles. The number of rotatable bonds is 24. The molecule has 0 atom stereocenters. The molecule has 0 fully saturated rings. The third-order valence-corrected chi connectivity index (χ3v) is 6.39. The lowest BCUT2D eigenvalue weighted by atomic mass is 9.96. The molecule has 0 saturated carbocycles. The molecule has 0 rings (SSSR count). The fourth-order valence-corrected chi connectivity index (χ4v) is 4.22. The van der Waals surface area contributed by atoms with Gasteiger partial charge in [-0.2, -0.15) is 0 Å². The molecule has 0 saturated heterocycles. The average Bonchev–Trinajstić information content (AvgIpc) is 2.75. The first kappa shape index (κ1) is 29.5. The van der Waals surface area contributed by atoms with Crippen LogP contribution in [0.4, 0.5) is 0 Å². The van der Waals surface area contributed by atoms with Crippen LogP contribution in [-0.2, 0) is 9.53 Å². The van der Waals surface area contributed by atoms with Crippen molar-refractivity contribution in [3.63, 3.8) is 0 Å². The van der Waals surface area contributed by atoms with Gasteiger partial charge in [-0.3, -0.25) is 4.79 Å². The van der Waals surface area contributed by atoms with Crippen LogP contribution < -0.4 is 0 Å². The molecule has 0 aromatic carbocycles. The van der Waals surface area contributed by atoms with E-state index in [9.17, 15) is 4.79 Å². The Kier molecular flexibility index (Phi) is 24.3. The van der Waals surface area contributed by atoms with E-state index in [2.05, 4.69) is 20.8 Å². The molecule has 0 N–H and O–H groups in total. The van der Waals surface area contributed by atoms with Crippen LogP contribution in [0.15, 0.2) is 0 Å². The number of hydrogen-bond donors (Lipinski definition) is 0. The highest BCUT2D eigenvalue weighted by Gasteiger charge is 2.18. The standard InChI is InChI=1S/C28H56O2/c1-4-7-10-11-12-13-14-15-16-17-18-19-20-21-22-23-26-30-28(29)27(24-8-5-2)25-9-6-3/h27H,4-26H2,1-3H3. The van der Waals surface area contributed by atoms with E-state index in [4.69, 9.17) is 4.74 Å². The summed E-state index contributed by atoms with van der Waals surface area (Å²) in [6, 6.07) is 0. The lowest BCUT2D eigenvalue weighted by Crippen LogP contribution is -2.18. The van der Waals surface area contributed by atoms with Crippen molar-refractivity contribution < 1.29 is 9.53 Å². The van der Waals surface area contributed by atoms with Crippen molar-refractivity contribution >= 4 is 5.97 Å². The van der Waals surface area contributed by atoms with Gasteiger partial charge in [0.15, 0.2) is 0 Å². The molecule has 0 aliphatic rings. The molecular weight excluding hydrogens is 368 g/mol. The minimum atomic E-state index is 0.0675. The van der Waals surface area contributed by atoms with Crippen molar-refractivity contribution in [2.45, 2.75) is 162 Å². The van der Waals surface area contributed by atoms with Gasteiger partial charge in [-0.15, -0.1) is 0 Å². The lowest BCUT2D eigenvalue weighted by Gasteiger charge is -2.15. The summed E-state index contributed by atoms with van der Waals surface area (Å²) in [5, 5.41) is 0. The second kappa shape index (κ2) is 24.7. The predicted octanol–water partition coefficient (Wildman–Crippen LogP) is 9.79. The first-order valence-electron chi connectivity index (χ1n) is 13.9. The van der Waals surface area contributed by atoms with Crippen LogP contribution in [0.1, 0.15) is 162 Å². The monoisotopic (exact) mass is 424 g/mol. The van der Waals surface area contributed by atoms with E-state index in [1.54, 1.807) is 0 Å². The van der Waals surface area contributed by atoms with Gasteiger partial charge in [0, 0.05) is 0 Å². The van der Waals surface area contributed by atoms with Crippen molar-refractivity contribution in [2.75, 3.05) is 6.61 Å². The SMILES string of the molecule is CCCCCCCCCCCCCCCCCCOC(=O)C(CCCC)CCCC. The van der Waals surface area contributed by atoms with Crippen molar-refractivity contribution in [3.8, 4) is 0 Å². The van der Waals surface area contributed by atoms with Crippen LogP contribution in [-0.4, -0.2) is 12.6 Å². The predicted molar refractivity (Wildman–Crippen MR) is 133 cm³/mol. The van der Waals surface area contributed by atoms with Crippen molar-refractivity contribution in [3.05, 3.63) is 0 Å². The van der Waals surface area contributed by atoms with Crippen molar-refractivity contribution in [2.24, 2.45) is 5.92 Å². The number of hydrogen-bond acceptors (Lipinski definition) is 2. The van der Waals surface area contributed by atoms with Crippen LogP contribution in [0, 0.1) is 5.92 Å². The maximum atomic E-state index is 12.3. The van der Waals surface area contributed by atoms with Gasteiger partial charge in [-0.1, -0.05) is 143 Å². The summed E-state index contributed by atoms with van der Waals surface area (Å²) in [5.41, 5.74) is 0. The maximum absolute atomic E-state index is 12.3. The quantitative estimate of drug-likeness (QED) is 0.114. The Bertz CT molecular complexity index is 332. The summed E-state index contributed by atoms with van der Waals surface area (Å²) in [7, 11) is 0. The minimum absolute atomic E-state index is 0.0675. The Morgan fingerprint density at radius 3 is 1.20 bits per heavy atom. The molecule has 0 unspecified atom stereocenters. The maximum Gasteiger partial charge on any atom is 0.308 e. The summed E-state index contributed by atoms with van der Waals surface area (Å²) in [6.45, 7) is 7.31. The summed E-state index contributed by atoms with van der Waals surface area (Å²) in [5.74, 6) is 0.212. The minimum Gasteiger partial charge on any atom is -0.465 e. The number of ether oxygens (including phenoxy) is 1. The third-order valence-electron chi connectivity index (χ3n) is 6.39. The summed E-state index contributed by atoms with van der Waals surface area (Å²) in [6.07, 6.45) is 28.6. The molecule has 2 nitrogen and oxygen atoms in total. The third kappa shape index (κ3) is 20.7. The van der Waals surface area contributed by atoms with E-state index < -0.39 is 0 Å². The van der Waals surface area contributed by atoms with E-state index in [0.717, 1.165) is 44.9 Å². The number of unbranched alkanes of at least 4 members (excludes halogenated alkanes) is 17. The van der Waals surface area contributed by atoms with Gasteiger partial charge >= 0.3 is 5.97 Å². The second-order valence-electron chi connectivity index (χ2n) is 9.45. The normalized spacial score (nSPS) is 11.3. The van der Waals surface area contributed by atoms with Crippen LogP contribution in [0.3, 0.4) is 0 Å². The van der Waals surface area contributed by atoms with Gasteiger partial charge in [-0.25, -0.2) is 0 Å². The molecule has 2 heteroatoms. The smallest absolute Gasteiger partial charge is 0.308 e. The van der Waals surface area contributed by atoms with Gasteiger partial charge in [0.1, 0.15) is 0 Å². The van der Waals surface area contributed by atoms with Crippen molar-refractivity contribution in [1.82, 2.24) is 0 Å². The van der Waals surface area contributed by atoms with E-state index in [1.807, 2.05) is 0 Å². The molecular formula is C28H56O2. The van der Waals surface area contributed by atoms with Crippen LogP contribution in [0.2, 0.25) is 0 Å².